The number of urea groups is 1. The molecule has 0 aromatic heterocycles. The summed E-state index contributed by atoms with van der Waals surface area (Å²) in [4.78, 5) is 35.7. The fraction of sp³-hybridized carbons (Fsp3) is 0.308. The first-order valence-electron chi connectivity index (χ1n) is 5.85. The molecular weight excluding hydrogens is 248 g/mol. The van der Waals surface area contributed by atoms with Crippen LogP contribution in [0.4, 0.5) is 4.79 Å². The zero-order valence-corrected chi connectivity index (χ0v) is 10.4. The van der Waals surface area contributed by atoms with Gasteiger partial charge in [0.05, 0.1) is 0 Å². The molecule has 1 heterocycles. The molecule has 1 saturated heterocycles. The second-order valence-electron chi connectivity index (χ2n) is 4.46. The Morgan fingerprint density at radius 1 is 1.32 bits per heavy atom. The van der Waals surface area contributed by atoms with Gasteiger partial charge in [0.1, 0.15) is 5.54 Å². The third-order valence-corrected chi connectivity index (χ3v) is 3.28. The zero-order chi connectivity index (χ0) is 14.0. The molecule has 1 aromatic rings. The molecule has 2 N–H and O–H groups in total. The van der Waals surface area contributed by atoms with Crippen molar-refractivity contribution in [1.82, 2.24) is 10.2 Å². The topological polar surface area (TPSA) is 86.7 Å². The molecule has 1 fully saturated rings. The lowest BCUT2D eigenvalue weighted by Crippen LogP contribution is -2.44. The largest absolute Gasteiger partial charge is 0.481 e. The van der Waals surface area contributed by atoms with E-state index in [1.165, 1.54) is 7.05 Å². The minimum absolute atomic E-state index is 0.0290. The highest BCUT2D eigenvalue weighted by atomic mass is 16.4. The predicted molar refractivity (Wildman–Crippen MR) is 66.3 cm³/mol. The summed E-state index contributed by atoms with van der Waals surface area (Å²) in [6.07, 6.45) is -0.171. The molecule has 1 aliphatic rings. The van der Waals surface area contributed by atoms with Gasteiger partial charge in [0.2, 0.25) is 0 Å². The van der Waals surface area contributed by atoms with Gasteiger partial charge in [-0.05, 0) is 12.0 Å². The molecule has 0 aliphatic carbocycles. The average molecular weight is 262 g/mol. The lowest BCUT2D eigenvalue weighted by Gasteiger charge is -2.26. The molecule has 19 heavy (non-hydrogen) atoms. The molecule has 0 spiro atoms. The normalized spacial score (nSPS) is 22.5. The number of hydrogen-bond donors (Lipinski definition) is 2. The van der Waals surface area contributed by atoms with E-state index >= 15 is 0 Å². The smallest absolute Gasteiger partial charge is 0.325 e. The van der Waals surface area contributed by atoms with Crippen molar-refractivity contribution >= 4 is 17.9 Å². The van der Waals surface area contributed by atoms with E-state index in [1.54, 1.807) is 30.3 Å². The van der Waals surface area contributed by atoms with E-state index in [0.717, 1.165) is 4.90 Å². The number of hydrogen-bond acceptors (Lipinski definition) is 3. The first kappa shape index (κ1) is 13.1. The predicted octanol–water partition coefficient (Wildman–Crippen LogP) is 0.928. The van der Waals surface area contributed by atoms with Gasteiger partial charge in [0.25, 0.3) is 5.91 Å². The Balaban J connectivity index is 2.43. The van der Waals surface area contributed by atoms with Crippen LogP contribution in [0.3, 0.4) is 0 Å². The number of nitrogens with one attached hydrogen (secondary N) is 1. The zero-order valence-electron chi connectivity index (χ0n) is 10.4. The average Bonchev–Trinajstić information content (AvgIpc) is 2.63. The van der Waals surface area contributed by atoms with Gasteiger partial charge < -0.3 is 10.4 Å². The van der Waals surface area contributed by atoms with Gasteiger partial charge in [-0.2, -0.15) is 0 Å². The van der Waals surface area contributed by atoms with E-state index < -0.39 is 23.4 Å². The van der Waals surface area contributed by atoms with Crippen molar-refractivity contribution < 1.29 is 19.5 Å². The maximum Gasteiger partial charge on any atom is 0.325 e. The molecule has 6 heteroatoms. The molecule has 2 rings (SSSR count). The van der Waals surface area contributed by atoms with E-state index in [1.807, 2.05) is 0 Å². The van der Waals surface area contributed by atoms with Crippen LogP contribution in [0.15, 0.2) is 30.3 Å². The lowest BCUT2D eigenvalue weighted by atomic mass is 9.85. The van der Waals surface area contributed by atoms with Crippen molar-refractivity contribution in [2.24, 2.45) is 0 Å². The third-order valence-electron chi connectivity index (χ3n) is 3.28. The SMILES string of the molecule is CN1C(=O)NC(CCC(=O)O)(c2ccccc2)C1=O. The summed E-state index contributed by atoms with van der Waals surface area (Å²) in [6.45, 7) is 0. The van der Waals surface area contributed by atoms with E-state index in [0.29, 0.717) is 5.56 Å². The molecule has 3 amide bonds. The molecular formula is C13H14N2O4. The van der Waals surface area contributed by atoms with Crippen LogP contribution in [-0.2, 0) is 15.1 Å². The molecule has 1 atom stereocenters. The number of nitrogens with zero attached hydrogens (tertiary/aromatic N) is 1. The summed E-state index contributed by atoms with van der Waals surface area (Å²) in [6, 6.07) is 8.18. The van der Waals surface area contributed by atoms with Gasteiger partial charge >= 0.3 is 12.0 Å². The molecule has 0 radical (unpaired) electrons. The number of benzene rings is 1. The van der Waals surface area contributed by atoms with E-state index in [-0.39, 0.29) is 12.8 Å². The Bertz CT molecular complexity index is 529. The van der Waals surface area contributed by atoms with Crippen molar-refractivity contribution in [3.05, 3.63) is 35.9 Å². The first-order chi connectivity index (χ1) is 8.97. The van der Waals surface area contributed by atoms with Crippen molar-refractivity contribution in [1.29, 1.82) is 0 Å². The number of aliphatic carboxylic acids is 1. The van der Waals surface area contributed by atoms with Crippen LogP contribution >= 0.6 is 0 Å². The van der Waals surface area contributed by atoms with Gasteiger partial charge in [-0.25, -0.2) is 4.79 Å². The second kappa shape index (κ2) is 4.72. The van der Waals surface area contributed by atoms with Crippen molar-refractivity contribution in [2.45, 2.75) is 18.4 Å². The fourth-order valence-electron chi connectivity index (χ4n) is 2.22. The van der Waals surface area contributed by atoms with Crippen molar-refractivity contribution in [3.8, 4) is 0 Å². The molecule has 6 nitrogen and oxygen atoms in total. The highest BCUT2D eigenvalue weighted by Gasteiger charge is 2.50. The van der Waals surface area contributed by atoms with Gasteiger partial charge in [-0.1, -0.05) is 30.3 Å². The van der Waals surface area contributed by atoms with Crippen LogP contribution < -0.4 is 5.32 Å². The second-order valence-corrected chi connectivity index (χ2v) is 4.46. The number of carbonyl (C=O) groups excluding carboxylic acids is 2. The standard InChI is InChI=1S/C13H14N2O4/c1-15-11(18)13(14-12(15)19,8-7-10(16)17)9-5-3-2-4-6-9/h2-6H,7-8H2,1H3,(H,14,19)(H,16,17). The Morgan fingerprint density at radius 3 is 2.42 bits per heavy atom. The molecule has 1 aromatic carbocycles. The number of imide groups is 1. The summed E-state index contributed by atoms with van der Waals surface area (Å²) < 4.78 is 0. The summed E-state index contributed by atoms with van der Waals surface area (Å²) in [5, 5.41) is 11.4. The van der Waals surface area contributed by atoms with E-state index in [2.05, 4.69) is 5.32 Å². The molecule has 100 valence electrons. The quantitative estimate of drug-likeness (QED) is 0.790. The maximum absolute atomic E-state index is 12.3. The highest BCUT2D eigenvalue weighted by molar-refractivity contribution is 6.07. The highest BCUT2D eigenvalue weighted by Crippen LogP contribution is 2.32. The Labute approximate surface area is 110 Å². The van der Waals surface area contributed by atoms with Gasteiger partial charge in [0.15, 0.2) is 0 Å². The minimum atomic E-state index is -1.27. The van der Waals surface area contributed by atoms with E-state index in [4.69, 9.17) is 5.11 Å². The third kappa shape index (κ3) is 2.16. The summed E-state index contributed by atoms with van der Waals surface area (Å²) >= 11 is 0. The number of carbonyl (C=O) groups is 3. The summed E-state index contributed by atoms with van der Waals surface area (Å²) in [5.74, 6) is -1.43. The van der Waals surface area contributed by atoms with Crippen LogP contribution in [0.25, 0.3) is 0 Å². The van der Waals surface area contributed by atoms with Crippen LogP contribution in [-0.4, -0.2) is 35.0 Å². The Kier molecular flexibility index (Phi) is 3.25. The van der Waals surface area contributed by atoms with Gasteiger partial charge in [-0.3, -0.25) is 14.5 Å². The molecule has 1 aliphatic heterocycles. The summed E-state index contributed by atoms with van der Waals surface area (Å²) in [7, 11) is 1.38. The van der Waals surface area contributed by atoms with Gasteiger partial charge in [0, 0.05) is 13.5 Å². The Hall–Kier alpha value is -2.37. The minimum Gasteiger partial charge on any atom is -0.481 e. The number of amides is 3. The Morgan fingerprint density at radius 2 is 1.95 bits per heavy atom. The van der Waals surface area contributed by atoms with Crippen molar-refractivity contribution in [2.75, 3.05) is 7.05 Å². The number of likely N-dealkylation sites (N-methyl/N-ethyl adjacent to an activating group) is 1. The van der Waals surface area contributed by atoms with E-state index in [9.17, 15) is 14.4 Å². The first-order valence-corrected chi connectivity index (χ1v) is 5.85. The summed E-state index contributed by atoms with van der Waals surface area (Å²) in [5.41, 5.74) is -0.676. The monoisotopic (exact) mass is 262 g/mol. The number of carboxylic acids is 1. The van der Waals surface area contributed by atoms with Crippen LogP contribution in [0.1, 0.15) is 18.4 Å². The maximum atomic E-state index is 12.3. The lowest BCUT2D eigenvalue weighted by molar-refractivity contribution is -0.138. The van der Waals surface area contributed by atoms with Crippen LogP contribution in [0.5, 0.6) is 0 Å². The van der Waals surface area contributed by atoms with Gasteiger partial charge in [-0.15, -0.1) is 0 Å². The fourth-order valence-corrected chi connectivity index (χ4v) is 2.22. The molecule has 0 bridgehead atoms. The van der Waals surface area contributed by atoms with Crippen LogP contribution in [0, 0.1) is 0 Å². The number of rotatable bonds is 4. The van der Waals surface area contributed by atoms with Crippen molar-refractivity contribution in [3.63, 3.8) is 0 Å². The van der Waals surface area contributed by atoms with Crippen LogP contribution in [0.2, 0.25) is 0 Å². The number of carboxylic acid groups (broad SMARTS) is 1. The molecule has 1 unspecified atom stereocenters. The molecule has 0 saturated carbocycles.